The lowest BCUT2D eigenvalue weighted by atomic mass is 10.1. The van der Waals surface area contributed by atoms with E-state index in [1.54, 1.807) is 0 Å². The van der Waals surface area contributed by atoms with Gasteiger partial charge in [-0.1, -0.05) is 28.1 Å². The number of halogens is 1. The standard InChI is InChI=1S/C9H6BrNO2/c10-7-3-1-2-6(4-7)8-5-13-9(12)11-8/h1-4H,5H2. The van der Waals surface area contributed by atoms with Crippen LogP contribution in [0.5, 0.6) is 0 Å². The van der Waals surface area contributed by atoms with Gasteiger partial charge < -0.3 is 4.74 Å². The number of hydrogen-bond acceptors (Lipinski definition) is 2. The summed E-state index contributed by atoms with van der Waals surface area (Å²) in [5.41, 5.74) is 1.60. The average Bonchev–Trinajstić information content (AvgIpc) is 2.52. The minimum Gasteiger partial charge on any atom is -0.441 e. The highest BCUT2D eigenvalue weighted by Gasteiger charge is 2.16. The number of aliphatic imine (C=N–C) groups is 1. The van der Waals surface area contributed by atoms with E-state index in [4.69, 9.17) is 4.74 Å². The number of cyclic esters (lactones) is 1. The van der Waals surface area contributed by atoms with Crippen LogP contribution in [0.25, 0.3) is 0 Å². The smallest absolute Gasteiger partial charge is 0.434 e. The molecule has 3 nitrogen and oxygen atoms in total. The van der Waals surface area contributed by atoms with Crippen LogP contribution in [0.2, 0.25) is 0 Å². The van der Waals surface area contributed by atoms with Crippen molar-refractivity contribution in [2.24, 2.45) is 4.99 Å². The van der Waals surface area contributed by atoms with E-state index in [1.807, 2.05) is 24.3 Å². The largest absolute Gasteiger partial charge is 0.441 e. The van der Waals surface area contributed by atoms with E-state index in [0.29, 0.717) is 5.71 Å². The topological polar surface area (TPSA) is 38.7 Å². The van der Waals surface area contributed by atoms with Gasteiger partial charge in [-0.3, -0.25) is 0 Å². The SMILES string of the molecule is O=C1N=C(c2cccc(Br)c2)CO1. The van der Waals surface area contributed by atoms with Crippen molar-refractivity contribution in [2.45, 2.75) is 0 Å². The number of nitrogens with zero attached hydrogens (tertiary/aromatic N) is 1. The number of benzene rings is 1. The highest BCUT2D eigenvalue weighted by atomic mass is 79.9. The van der Waals surface area contributed by atoms with Crippen molar-refractivity contribution in [3.8, 4) is 0 Å². The molecule has 0 unspecified atom stereocenters. The Morgan fingerprint density at radius 3 is 2.92 bits per heavy atom. The van der Waals surface area contributed by atoms with E-state index < -0.39 is 6.09 Å². The van der Waals surface area contributed by atoms with Gasteiger partial charge in [0.1, 0.15) is 6.61 Å². The summed E-state index contributed by atoms with van der Waals surface area (Å²) < 4.78 is 5.67. The van der Waals surface area contributed by atoms with E-state index >= 15 is 0 Å². The number of carbonyl (C=O) groups excluding carboxylic acids is 1. The van der Waals surface area contributed by atoms with Crippen LogP contribution in [-0.4, -0.2) is 18.4 Å². The molecular weight excluding hydrogens is 234 g/mol. The molecule has 2 rings (SSSR count). The molecule has 1 aromatic rings. The third-order valence-electron chi connectivity index (χ3n) is 1.72. The summed E-state index contributed by atoms with van der Waals surface area (Å²) in [7, 11) is 0. The molecule has 0 fully saturated rings. The van der Waals surface area contributed by atoms with Crippen molar-refractivity contribution in [1.29, 1.82) is 0 Å². The van der Waals surface area contributed by atoms with Crippen LogP contribution in [0.1, 0.15) is 5.56 Å². The monoisotopic (exact) mass is 239 g/mol. The molecule has 0 radical (unpaired) electrons. The summed E-state index contributed by atoms with van der Waals surface area (Å²) in [6.45, 7) is 0.273. The first-order valence-electron chi connectivity index (χ1n) is 3.76. The van der Waals surface area contributed by atoms with Crippen LogP contribution in [0.3, 0.4) is 0 Å². The molecular formula is C9H6BrNO2. The van der Waals surface area contributed by atoms with Crippen LogP contribution in [0, 0.1) is 0 Å². The molecule has 1 amide bonds. The summed E-state index contributed by atoms with van der Waals surface area (Å²) in [5.74, 6) is 0. The molecule has 1 aliphatic rings. The second-order valence-corrected chi connectivity index (χ2v) is 3.54. The van der Waals surface area contributed by atoms with E-state index in [0.717, 1.165) is 10.0 Å². The Morgan fingerprint density at radius 2 is 2.31 bits per heavy atom. The van der Waals surface area contributed by atoms with Crippen LogP contribution in [0.4, 0.5) is 4.79 Å². The molecule has 1 heterocycles. The Kier molecular flexibility index (Phi) is 2.14. The van der Waals surface area contributed by atoms with Gasteiger partial charge in [0.15, 0.2) is 0 Å². The molecule has 4 heteroatoms. The van der Waals surface area contributed by atoms with Crippen LogP contribution >= 0.6 is 15.9 Å². The maximum absolute atomic E-state index is 10.7. The predicted octanol–water partition coefficient (Wildman–Crippen LogP) is 2.39. The molecule has 0 N–H and O–H groups in total. The van der Waals surface area contributed by atoms with Crippen molar-refractivity contribution in [2.75, 3.05) is 6.61 Å². The molecule has 66 valence electrons. The molecule has 0 aromatic heterocycles. The lowest BCUT2D eigenvalue weighted by molar-refractivity contribution is 0.181. The fourth-order valence-corrected chi connectivity index (χ4v) is 1.52. The number of ether oxygens (including phenoxy) is 1. The van der Waals surface area contributed by atoms with Crippen molar-refractivity contribution in [3.05, 3.63) is 34.3 Å². The molecule has 0 bridgehead atoms. The van der Waals surface area contributed by atoms with Crippen molar-refractivity contribution in [3.63, 3.8) is 0 Å². The predicted molar refractivity (Wildman–Crippen MR) is 52.0 cm³/mol. The molecule has 0 spiro atoms. The van der Waals surface area contributed by atoms with Crippen molar-refractivity contribution < 1.29 is 9.53 Å². The third-order valence-corrected chi connectivity index (χ3v) is 2.21. The molecule has 13 heavy (non-hydrogen) atoms. The average molecular weight is 240 g/mol. The summed E-state index contributed by atoms with van der Waals surface area (Å²) in [6.07, 6.45) is -0.505. The Balaban J connectivity index is 2.36. The first kappa shape index (κ1) is 8.44. The van der Waals surface area contributed by atoms with Crippen LogP contribution in [-0.2, 0) is 4.74 Å². The molecule has 1 aliphatic heterocycles. The molecule has 0 saturated heterocycles. The van der Waals surface area contributed by atoms with Gasteiger partial charge in [-0.2, -0.15) is 4.99 Å². The van der Waals surface area contributed by atoms with Gasteiger partial charge in [0, 0.05) is 10.0 Å². The quantitative estimate of drug-likeness (QED) is 0.755. The van der Waals surface area contributed by atoms with Gasteiger partial charge in [-0.25, -0.2) is 4.79 Å². The summed E-state index contributed by atoms with van der Waals surface area (Å²) in [6, 6.07) is 7.61. The first-order chi connectivity index (χ1) is 6.25. The Bertz CT molecular complexity index is 387. The van der Waals surface area contributed by atoms with Gasteiger partial charge in [-0.15, -0.1) is 0 Å². The molecule has 1 aromatic carbocycles. The van der Waals surface area contributed by atoms with Crippen LogP contribution < -0.4 is 0 Å². The van der Waals surface area contributed by atoms with E-state index in [9.17, 15) is 4.79 Å². The lowest BCUT2D eigenvalue weighted by Crippen LogP contribution is -2.02. The summed E-state index contributed by atoms with van der Waals surface area (Å²) in [4.78, 5) is 14.4. The van der Waals surface area contributed by atoms with Gasteiger partial charge in [0.25, 0.3) is 0 Å². The zero-order valence-electron chi connectivity index (χ0n) is 6.66. The normalized spacial score (nSPS) is 15.5. The van der Waals surface area contributed by atoms with Gasteiger partial charge in [0.05, 0.1) is 5.71 Å². The fourth-order valence-electron chi connectivity index (χ4n) is 1.12. The Hall–Kier alpha value is -1.16. The molecule has 0 saturated carbocycles. The second-order valence-electron chi connectivity index (χ2n) is 2.62. The summed E-state index contributed by atoms with van der Waals surface area (Å²) >= 11 is 3.34. The van der Waals surface area contributed by atoms with Crippen molar-refractivity contribution >= 4 is 27.7 Å². The van der Waals surface area contributed by atoms with Crippen LogP contribution in [0.15, 0.2) is 33.7 Å². The zero-order valence-corrected chi connectivity index (χ0v) is 8.24. The van der Waals surface area contributed by atoms with E-state index in [-0.39, 0.29) is 6.61 Å². The van der Waals surface area contributed by atoms with Gasteiger partial charge in [-0.05, 0) is 12.1 Å². The number of carbonyl (C=O) groups is 1. The second kappa shape index (κ2) is 3.30. The van der Waals surface area contributed by atoms with E-state index in [2.05, 4.69) is 20.9 Å². The highest BCUT2D eigenvalue weighted by Crippen LogP contribution is 2.14. The molecule has 0 atom stereocenters. The van der Waals surface area contributed by atoms with E-state index in [1.165, 1.54) is 0 Å². The maximum atomic E-state index is 10.7. The number of hydrogen-bond donors (Lipinski definition) is 0. The first-order valence-corrected chi connectivity index (χ1v) is 4.55. The maximum Gasteiger partial charge on any atom is 0.434 e. The number of amides is 1. The fraction of sp³-hybridized carbons (Fsp3) is 0.111. The Labute approximate surface area is 83.6 Å². The van der Waals surface area contributed by atoms with Gasteiger partial charge in [0.2, 0.25) is 0 Å². The minimum atomic E-state index is -0.505. The Morgan fingerprint density at radius 1 is 1.46 bits per heavy atom. The summed E-state index contributed by atoms with van der Waals surface area (Å²) in [5, 5.41) is 0. The van der Waals surface area contributed by atoms with Gasteiger partial charge >= 0.3 is 6.09 Å². The highest BCUT2D eigenvalue weighted by molar-refractivity contribution is 9.10. The molecule has 0 aliphatic carbocycles. The van der Waals surface area contributed by atoms with Crippen molar-refractivity contribution in [1.82, 2.24) is 0 Å². The lowest BCUT2D eigenvalue weighted by Gasteiger charge is -1.98. The minimum absolute atomic E-state index is 0.273. The zero-order chi connectivity index (χ0) is 9.26. The third kappa shape index (κ3) is 1.78. The number of rotatable bonds is 1.